The zero-order chi connectivity index (χ0) is 22.1. The summed E-state index contributed by atoms with van der Waals surface area (Å²) < 4.78 is 5.67. The van der Waals surface area contributed by atoms with Crippen LogP contribution < -0.4 is 5.32 Å². The normalized spacial score (nSPS) is 16.6. The smallest absolute Gasteiger partial charge is 0.262 e. The van der Waals surface area contributed by atoms with E-state index in [2.05, 4.69) is 28.4 Å². The number of hydrogen-bond acceptors (Lipinski definition) is 5. The van der Waals surface area contributed by atoms with Crippen molar-refractivity contribution in [2.75, 3.05) is 19.6 Å². The van der Waals surface area contributed by atoms with Crippen LogP contribution in [0.2, 0.25) is 0 Å². The number of amides is 3. The molecule has 2 aliphatic rings. The summed E-state index contributed by atoms with van der Waals surface area (Å²) in [5, 5.41) is 2.90. The van der Waals surface area contributed by atoms with Crippen LogP contribution in [0.4, 0.5) is 0 Å². The maximum atomic E-state index is 12.7. The fourth-order valence-corrected chi connectivity index (χ4v) is 4.47. The molecule has 0 unspecified atom stereocenters. The molecule has 7 heteroatoms. The molecule has 3 heterocycles. The van der Waals surface area contributed by atoms with E-state index in [9.17, 15) is 14.4 Å². The highest BCUT2D eigenvalue weighted by Gasteiger charge is 2.36. The first kappa shape index (κ1) is 20.2. The van der Waals surface area contributed by atoms with E-state index >= 15 is 0 Å². The van der Waals surface area contributed by atoms with Crippen LogP contribution in [-0.2, 0) is 17.8 Å². The van der Waals surface area contributed by atoms with Gasteiger partial charge in [-0.25, -0.2) is 0 Å². The molecule has 0 fully saturated rings. The molecule has 0 radical (unpaired) electrons. The first-order valence-corrected chi connectivity index (χ1v) is 10.7. The molecule has 7 nitrogen and oxygen atoms in total. The highest BCUT2D eigenvalue weighted by Crippen LogP contribution is 2.28. The number of carbonyl (C=O) groups is 3. The van der Waals surface area contributed by atoms with Crippen LogP contribution in [0.3, 0.4) is 0 Å². The molecular formula is C25H23N3O4. The number of imide groups is 1. The fourth-order valence-electron chi connectivity index (χ4n) is 4.47. The first-order valence-electron chi connectivity index (χ1n) is 10.7. The van der Waals surface area contributed by atoms with Crippen LogP contribution in [0.1, 0.15) is 43.6 Å². The Balaban J connectivity index is 1.26. The van der Waals surface area contributed by atoms with Gasteiger partial charge in [0, 0.05) is 19.6 Å². The Labute approximate surface area is 185 Å². The van der Waals surface area contributed by atoms with Gasteiger partial charge in [0.05, 0.1) is 23.4 Å². The van der Waals surface area contributed by atoms with Gasteiger partial charge in [0.1, 0.15) is 12.3 Å². The van der Waals surface area contributed by atoms with Crippen LogP contribution in [0.15, 0.2) is 71.3 Å². The summed E-state index contributed by atoms with van der Waals surface area (Å²) in [5.74, 6) is -0.481. The van der Waals surface area contributed by atoms with Crippen molar-refractivity contribution in [2.24, 2.45) is 0 Å². The second kappa shape index (κ2) is 8.43. The minimum absolute atomic E-state index is 0.149. The summed E-state index contributed by atoms with van der Waals surface area (Å²) in [6.45, 7) is 1.62. The van der Waals surface area contributed by atoms with Gasteiger partial charge in [0.25, 0.3) is 11.8 Å². The van der Waals surface area contributed by atoms with Crippen molar-refractivity contribution in [3.63, 3.8) is 0 Å². The quantitative estimate of drug-likeness (QED) is 0.610. The maximum absolute atomic E-state index is 12.7. The van der Waals surface area contributed by atoms with E-state index in [1.807, 2.05) is 18.2 Å². The molecule has 0 bridgehead atoms. The van der Waals surface area contributed by atoms with Crippen molar-refractivity contribution >= 4 is 17.7 Å². The second-order valence-electron chi connectivity index (χ2n) is 8.07. The lowest BCUT2D eigenvalue weighted by molar-refractivity contribution is -0.121. The number of nitrogens with zero attached hydrogens (tertiary/aromatic N) is 2. The van der Waals surface area contributed by atoms with Gasteiger partial charge in [0.15, 0.2) is 0 Å². The van der Waals surface area contributed by atoms with Gasteiger partial charge in [0.2, 0.25) is 5.91 Å². The molecule has 3 aromatic rings. The largest absolute Gasteiger partial charge is 0.468 e. The Kier molecular flexibility index (Phi) is 5.33. The lowest BCUT2D eigenvalue weighted by Gasteiger charge is -2.34. The third-order valence-corrected chi connectivity index (χ3v) is 6.15. The summed E-state index contributed by atoms with van der Waals surface area (Å²) in [6, 6.07) is 18.6. The maximum Gasteiger partial charge on any atom is 0.262 e. The number of benzene rings is 2. The molecule has 2 aromatic carbocycles. The fraction of sp³-hybridized carbons (Fsp3) is 0.240. The van der Waals surface area contributed by atoms with Crippen molar-refractivity contribution in [1.82, 2.24) is 15.1 Å². The SMILES string of the molecule is O=C(CN1C(=O)c2ccccc2C1=O)NC[C@H](c1ccco1)N1CCc2ccccc2C1. The summed E-state index contributed by atoms with van der Waals surface area (Å²) in [4.78, 5) is 41.0. The molecule has 0 saturated heterocycles. The minimum atomic E-state index is -0.434. The molecule has 0 spiro atoms. The number of hydrogen-bond donors (Lipinski definition) is 1. The molecule has 0 saturated carbocycles. The van der Waals surface area contributed by atoms with Crippen molar-refractivity contribution in [3.05, 3.63) is 94.9 Å². The topological polar surface area (TPSA) is 82.9 Å². The molecule has 2 aliphatic heterocycles. The van der Waals surface area contributed by atoms with Gasteiger partial charge in [-0.3, -0.25) is 24.2 Å². The summed E-state index contributed by atoms with van der Waals surface area (Å²) >= 11 is 0. The first-order chi connectivity index (χ1) is 15.6. The molecule has 1 atom stereocenters. The van der Waals surface area contributed by atoms with Crippen LogP contribution in [0.5, 0.6) is 0 Å². The summed E-state index contributed by atoms with van der Waals surface area (Å²) in [7, 11) is 0. The monoisotopic (exact) mass is 429 g/mol. The van der Waals surface area contributed by atoms with Crippen LogP contribution in [0.25, 0.3) is 0 Å². The number of rotatable bonds is 6. The van der Waals surface area contributed by atoms with Crippen molar-refractivity contribution in [1.29, 1.82) is 0 Å². The summed E-state index contributed by atoms with van der Waals surface area (Å²) in [6.07, 6.45) is 2.55. The van der Waals surface area contributed by atoms with E-state index in [4.69, 9.17) is 4.42 Å². The van der Waals surface area contributed by atoms with Crippen molar-refractivity contribution < 1.29 is 18.8 Å². The van der Waals surface area contributed by atoms with E-state index in [-0.39, 0.29) is 18.5 Å². The van der Waals surface area contributed by atoms with Crippen molar-refractivity contribution in [2.45, 2.75) is 19.0 Å². The molecule has 5 rings (SSSR count). The van der Waals surface area contributed by atoms with Gasteiger partial charge in [-0.1, -0.05) is 36.4 Å². The highest BCUT2D eigenvalue weighted by atomic mass is 16.3. The molecule has 3 amide bonds. The van der Waals surface area contributed by atoms with Crippen LogP contribution in [-0.4, -0.2) is 47.2 Å². The molecule has 0 aliphatic carbocycles. The predicted octanol–water partition coefficient (Wildman–Crippen LogP) is 2.79. The average Bonchev–Trinajstić information content (AvgIpc) is 3.43. The number of carbonyl (C=O) groups excluding carboxylic acids is 3. The Bertz CT molecular complexity index is 1140. The molecular weight excluding hydrogens is 406 g/mol. The van der Waals surface area contributed by atoms with E-state index in [0.717, 1.165) is 30.2 Å². The lowest BCUT2D eigenvalue weighted by atomic mass is 9.98. The van der Waals surface area contributed by atoms with Gasteiger partial charge in [-0.15, -0.1) is 0 Å². The zero-order valence-electron chi connectivity index (χ0n) is 17.5. The standard InChI is InChI=1S/C25H23N3O4/c29-23(16-28-24(30)19-8-3-4-9-20(19)25(28)31)26-14-21(22-10-5-13-32-22)27-12-11-17-6-1-2-7-18(17)15-27/h1-10,13,21H,11-12,14-16H2,(H,26,29)/t21-/m1/s1. The van der Waals surface area contributed by atoms with E-state index < -0.39 is 11.8 Å². The minimum Gasteiger partial charge on any atom is -0.468 e. The lowest BCUT2D eigenvalue weighted by Crippen LogP contribution is -2.44. The molecule has 1 N–H and O–H groups in total. The summed E-state index contributed by atoms with van der Waals surface area (Å²) in [5.41, 5.74) is 3.29. The van der Waals surface area contributed by atoms with Gasteiger partial charge >= 0.3 is 0 Å². The molecule has 32 heavy (non-hydrogen) atoms. The van der Waals surface area contributed by atoms with Gasteiger partial charge in [-0.05, 0) is 41.8 Å². The zero-order valence-corrected chi connectivity index (χ0v) is 17.5. The van der Waals surface area contributed by atoms with Crippen LogP contribution >= 0.6 is 0 Å². The highest BCUT2D eigenvalue weighted by molar-refractivity contribution is 6.22. The van der Waals surface area contributed by atoms with Crippen molar-refractivity contribution in [3.8, 4) is 0 Å². The third kappa shape index (κ3) is 3.71. The third-order valence-electron chi connectivity index (χ3n) is 6.15. The molecule has 162 valence electrons. The van der Waals surface area contributed by atoms with Gasteiger partial charge in [-0.2, -0.15) is 0 Å². The Morgan fingerprint density at radius 1 is 0.938 bits per heavy atom. The van der Waals surface area contributed by atoms with Gasteiger partial charge < -0.3 is 9.73 Å². The molecule has 1 aromatic heterocycles. The predicted molar refractivity (Wildman–Crippen MR) is 117 cm³/mol. The van der Waals surface area contributed by atoms with E-state index in [1.54, 1.807) is 30.5 Å². The Hall–Kier alpha value is -3.71. The second-order valence-corrected chi connectivity index (χ2v) is 8.07. The van der Waals surface area contributed by atoms with Crippen LogP contribution in [0, 0.1) is 0 Å². The number of furan rings is 1. The Morgan fingerprint density at radius 2 is 1.62 bits per heavy atom. The average molecular weight is 429 g/mol. The number of fused-ring (bicyclic) bond motifs is 2. The Morgan fingerprint density at radius 3 is 2.31 bits per heavy atom. The van der Waals surface area contributed by atoms with E-state index in [1.165, 1.54) is 11.1 Å². The number of nitrogens with one attached hydrogen (secondary N) is 1. The van der Waals surface area contributed by atoms with E-state index in [0.29, 0.717) is 17.7 Å².